The number of halogens is 2. The van der Waals surface area contributed by atoms with Crippen LogP contribution in [0.1, 0.15) is 28.4 Å². The number of aryl methyl sites for hydroxylation is 1. The highest BCUT2D eigenvalue weighted by molar-refractivity contribution is 6.35. The number of esters is 1. The van der Waals surface area contributed by atoms with Crippen molar-refractivity contribution in [2.24, 2.45) is 0 Å². The number of hydrogen-bond acceptors (Lipinski definition) is 4. The quantitative estimate of drug-likeness (QED) is 0.435. The van der Waals surface area contributed by atoms with Gasteiger partial charge in [0.25, 0.3) is 0 Å². The van der Waals surface area contributed by atoms with E-state index in [0.717, 1.165) is 0 Å². The van der Waals surface area contributed by atoms with Crippen molar-refractivity contribution in [3.8, 4) is 11.5 Å². The van der Waals surface area contributed by atoms with E-state index in [9.17, 15) is 9.59 Å². The Bertz CT molecular complexity index is 900. The number of rotatable bonds is 2. The molecule has 0 aromatic heterocycles. The van der Waals surface area contributed by atoms with Crippen molar-refractivity contribution in [2.45, 2.75) is 13.8 Å². The summed E-state index contributed by atoms with van der Waals surface area (Å²) in [5.41, 5.74) is 1.73. The molecule has 2 aromatic rings. The predicted molar refractivity (Wildman–Crippen MR) is 91.9 cm³/mol. The van der Waals surface area contributed by atoms with E-state index >= 15 is 0 Å². The molecule has 0 bridgehead atoms. The van der Waals surface area contributed by atoms with E-state index in [1.807, 2.05) is 0 Å². The Morgan fingerprint density at radius 3 is 2.62 bits per heavy atom. The molecule has 6 heteroatoms. The molecule has 1 aliphatic heterocycles. The summed E-state index contributed by atoms with van der Waals surface area (Å²) in [7, 11) is 0. The molecule has 0 spiro atoms. The first-order valence-electron chi connectivity index (χ1n) is 7.07. The Balaban J connectivity index is 1.99. The maximum absolute atomic E-state index is 12.6. The van der Waals surface area contributed by atoms with Gasteiger partial charge < -0.3 is 9.47 Å². The van der Waals surface area contributed by atoms with Gasteiger partial charge in [-0.1, -0.05) is 29.3 Å². The number of fused-ring (bicyclic) bond motifs is 1. The van der Waals surface area contributed by atoms with E-state index in [4.69, 9.17) is 32.7 Å². The molecule has 122 valence electrons. The zero-order valence-electron chi connectivity index (χ0n) is 12.9. The maximum atomic E-state index is 12.6. The second kappa shape index (κ2) is 6.30. The fraction of sp³-hybridized carbons (Fsp3) is 0.111. The minimum absolute atomic E-state index is 0.150. The average molecular weight is 363 g/mol. The topological polar surface area (TPSA) is 52.6 Å². The molecule has 4 nitrogen and oxygen atoms in total. The first-order chi connectivity index (χ1) is 11.3. The lowest BCUT2D eigenvalue weighted by Gasteiger charge is -2.05. The van der Waals surface area contributed by atoms with Crippen LogP contribution < -0.4 is 9.47 Å². The minimum Gasteiger partial charge on any atom is -0.452 e. The molecule has 0 aliphatic carbocycles. The molecule has 2 aromatic carbocycles. The van der Waals surface area contributed by atoms with Gasteiger partial charge in [-0.3, -0.25) is 9.59 Å². The van der Waals surface area contributed by atoms with E-state index in [0.29, 0.717) is 38.2 Å². The third kappa shape index (κ3) is 3.16. The van der Waals surface area contributed by atoms with Crippen molar-refractivity contribution in [2.75, 3.05) is 0 Å². The van der Waals surface area contributed by atoms with Crippen molar-refractivity contribution in [3.05, 3.63) is 62.8 Å². The van der Waals surface area contributed by atoms with Crippen LogP contribution in [0.2, 0.25) is 10.0 Å². The van der Waals surface area contributed by atoms with Gasteiger partial charge in [0.2, 0.25) is 5.78 Å². The first kappa shape index (κ1) is 16.6. The zero-order valence-corrected chi connectivity index (χ0v) is 14.4. The van der Waals surface area contributed by atoms with Gasteiger partial charge in [0.1, 0.15) is 11.5 Å². The lowest BCUT2D eigenvalue weighted by Crippen LogP contribution is -2.02. The van der Waals surface area contributed by atoms with E-state index < -0.39 is 5.97 Å². The van der Waals surface area contributed by atoms with Crippen LogP contribution in [-0.2, 0) is 4.79 Å². The molecule has 1 heterocycles. The van der Waals surface area contributed by atoms with E-state index in [2.05, 4.69) is 0 Å². The SMILES string of the molecule is CC(=O)Oc1cc(C)c2c(c1)O/C(=C\c1ccc(Cl)cc1Cl)C2=O. The van der Waals surface area contributed by atoms with E-state index in [1.165, 1.54) is 13.0 Å². The largest absolute Gasteiger partial charge is 0.452 e. The number of allylic oxidation sites excluding steroid dienone is 1. The second-order valence-electron chi connectivity index (χ2n) is 5.31. The van der Waals surface area contributed by atoms with Crippen LogP contribution >= 0.6 is 23.2 Å². The van der Waals surface area contributed by atoms with Gasteiger partial charge >= 0.3 is 5.97 Å². The summed E-state index contributed by atoms with van der Waals surface area (Å²) in [6.45, 7) is 3.06. The van der Waals surface area contributed by atoms with Gasteiger partial charge in [-0.15, -0.1) is 0 Å². The molecule has 0 atom stereocenters. The molecule has 3 rings (SSSR count). The number of ether oxygens (including phenoxy) is 2. The lowest BCUT2D eigenvalue weighted by atomic mass is 10.0. The van der Waals surface area contributed by atoms with Crippen molar-refractivity contribution < 1.29 is 19.1 Å². The fourth-order valence-electron chi connectivity index (χ4n) is 2.46. The molecule has 0 saturated heterocycles. The van der Waals surface area contributed by atoms with Crippen molar-refractivity contribution in [3.63, 3.8) is 0 Å². The smallest absolute Gasteiger partial charge is 0.308 e. The average Bonchev–Trinajstić information content (AvgIpc) is 2.78. The first-order valence-corrected chi connectivity index (χ1v) is 7.83. The molecule has 1 aliphatic rings. The molecule has 0 saturated carbocycles. The van der Waals surface area contributed by atoms with Crippen molar-refractivity contribution in [1.82, 2.24) is 0 Å². The second-order valence-corrected chi connectivity index (χ2v) is 6.16. The van der Waals surface area contributed by atoms with Crippen LogP contribution in [0.4, 0.5) is 0 Å². The van der Waals surface area contributed by atoms with Gasteiger partial charge in [0, 0.05) is 23.0 Å². The normalized spacial score (nSPS) is 14.5. The standard InChI is InChI=1S/C18H12Cl2O4/c1-9-5-13(23-10(2)21)8-15-17(9)18(22)16(24-15)6-11-3-4-12(19)7-14(11)20/h3-8H,1-2H3/b16-6-. The lowest BCUT2D eigenvalue weighted by molar-refractivity contribution is -0.131. The number of hydrogen-bond donors (Lipinski definition) is 0. The summed E-state index contributed by atoms with van der Waals surface area (Å²) >= 11 is 12.0. The number of carbonyl (C=O) groups excluding carboxylic acids is 2. The minimum atomic E-state index is -0.442. The van der Waals surface area contributed by atoms with Crippen LogP contribution in [0.3, 0.4) is 0 Å². The highest BCUT2D eigenvalue weighted by Crippen LogP contribution is 2.38. The molecule has 0 radical (unpaired) electrons. The van der Waals surface area contributed by atoms with Crippen LogP contribution in [0.15, 0.2) is 36.1 Å². The third-order valence-corrected chi connectivity index (χ3v) is 4.02. The Labute approximate surface area is 148 Å². The monoisotopic (exact) mass is 362 g/mol. The van der Waals surface area contributed by atoms with Crippen LogP contribution in [0, 0.1) is 6.92 Å². The van der Waals surface area contributed by atoms with E-state index in [-0.39, 0.29) is 11.5 Å². The van der Waals surface area contributed by atoms with Gasteiger partial charge in [0.05, 0.1) is 5.56 Å². The molecule has 0 amide bonds. The van der Waals surface area contributed by atoms with Gasteiger partial charge in [-0.2, -0.15) is 0 Å². The molecular weight excluding hydrogens is 351 g/mol. The van der Waals surface area contributed by atoms with Gasteiger partial charge in [0.15, 0.2) is 5.76 Å². The Kier molecular flexibility index (Phi) is 4.35. The third-order valence-electron chi connectivity index (χ3n) is 3.45. The Hall–Kier alpha value is -2.30. The van der Waals surface area contributed by atoms with Gasteiger partial charge in [-0.05, 0) is 42.3 Å². The highest BCUT2D eigenvalue weighted by Gasteiger charge is 2.30. The van der Waals surface area contributed by atoms with Crippen LogP contribution in [0.25, 0.3) is 6.08 Å². The maximum Gasteiger partial charge on any atom is 0.308 e. The van der Waals surface area contributed by atoms with Crippen LogP contribution in [0.5, 0.6) is 11.5 Å². The van der Waals surface area contributed by atoms with Crippen LogP contribution in [-0.4, -0.2) is 11.8 Å². The summed E-state index contributed by atoms with van der Waals surface area (Å²) in [5.74, 6) is 0.146. The summed E-state index contributed by atoms with van der Waals surface area (Å²) in [4.78, 5) is 23.7. The summed E-state index contributed by atoms with van der Waals surface area (Å²) < 4.78 is 10.7. The summed E-state index contributed by atoms with van der Waals surface area (Å²) in [5, 5.41) is 0.922. The van der Waals surface area contributed by atoms with Gasteiger partial charge in [-0.25, -0.2) is 0 Å². The highest BCUT2D eigenvalue weighted by atomic mass is 35.5. The predicted octanol–water partition coefficient (Wildman–Crippen LogP) is 4.84. The number of benzene rings is 2. The molecule has 24 heavy (non-hydrogen) atoms. The number of Topliss-reactive ketones (excluding diaryl/α,β-unsaturated/α-hetero) is 1. The van der Waals surface area contributed by atoms with Crippen molar-refractivity contribution in [1.29, 1.82) is 0 Å². The summed E-state index contributed by atoms with van der Waals surface area (Å²) in [6, 6.07) is 8.11. The molecule has 0 unspecified atom stereocenters. The zero-order chi connectivity index (χ0) is 17.4. The van der Waals surface area contributed by atoms with E-state index in [1.54, 1.807) is 37.3 Å². The van der Waals surface area contributed by atoms with Crippen molar-refractivity contribution >= 4 is 41.0 Å². The number of ketones is 1. The molecule has 0 N–H and O–H groups in total. The fourth-order valence-corrected chi connectivity index (χ4v) is 2.93. The Morgan fingerprint density at radius 2 is 1.96 bits per heavy atom. The summed E-state index contributed by atoms with van der Waals surface area (Å²) in [6.07, 6.45) is 1.56. The molecular formula is C18H12Cl2O4. The Morgan fingerprint density at radius 1 is 1.21 bits per heavy atom. The molecule has 0 fully saturated rings. The number of carbonyl (C=O) groups is 2.